The van der Waals surface area contributed by atoms with E-state index in [4.69, 9.17) is 24.4 Å². The molecule has 1 heterocycles. The van der Waals surface area contributed by atoms with Crippen LogP contribution in [0.5, 0.6) is 0 Å². The molecule has 5 fully saturated rings. The summed E-state index contributed by atoms with van der Waals surface area (Å²) in [5, 5.41) is 44.5. The van der Waals surface area contributed by atoms with Crippen molar-refractivity contribution < 1.29 is 49.3 Å². The minimum atomic E-state index is -0.879. The fourth-order valence-electron chi connectivity index (χ4n) is 7.62. The number of carboxylic acids is 1. The lowest BCUT2D eigenvalue weighted by molar-refractivity contribution is -0.0360. The summed E-state index contributed by atoms with van der Waals surface area (Å²) < 4.78 is 15.6. The molecule has 352 valence electrons. The Hall–Kier alpha value is -3.72. The van der Waals surface area contributed by atoms with Gasteiger partial charge in [0.05, 0.1) is 47.8 Å². The van der Waals surface area contributed by atoms with E-state index in [2.05, 4.69) is 36.9 Å². The fraction of sp³-hybridized carbons (Fsp3) is 0.500. The van der Waals surface area contributed by atoms with Gasteiger partial charge in [0.1, 0.15) is 6.10 Å². The predicted molar refractivity (Wildman–Crippen MR) is 258 cm³/mol. The standard InChI is InChI=1S/C13H16O3.C12H16OS.C7H14O2.C7H6O2.C6H10O.C6H6S.CH4O/c14-11-8-4-5-9-12(11)16-13(15)10-6-2-1-3-7-10;13-11-8-4-5-9-12(11)14-10-6-2-1-3-7-10;1-9-7-5-3-2-4-6(7)8;8-7(9)6-4-2-1-3-5-6;1-2-4-6-5(3-1)7-6;7-6-4-2-1-3-5-6;1-2/h1-3,6-7,11-12,14H,4-5,8-9H2;1-3,6-7,11-13H,4-5,8-9H2;6-8H,2-5H2,1H3;1-5H,(H,8,9);5-6H,1-4H2;1-5,7H;2H,1H3. The first-order chi connectivity index (χ1) is 31.1. The maximum Gasteiger partial charge on any atom is 0.338 e. The second kappa shape index (κ2) is 32.9. The third-order valence-electron chi connectivity index (χ3n) is 11.3. The van der Waals surface area contributed by atoms with Crippen molar-refractivity contribution in [2.75, 3.05) is 14.2 Å². The summed E-state index contributed by atoms with van der Waals surface area (Å²) in [4.78, 5) is 24.2. The number of methoxy groups -OCH3 is 1. The maximum atomic E-state index is 11.7. The molecule has 8 unspecified atom stereocenters. The van der Waals surface area contributed by atoms with E-state index in [-0.39, 0.29) is 30.4 Å². The number of thioether (sulfide) groups is 1. The number of aliphatic hydroxyl groups excluding tert-OH is 4. The Kier molecular flexibility index (Phi) is 28.0. The molecule has 4 aromatic carbocycles. The number of carbonyl (C=O) groups is 2. The van der Waals surface area contributed by atoms with Crippen LogP contribution in [0.2, 0.25) is 0 Å². The monoisotopic (exact) mass is 920 g/mol. The quantitative estimate of drug-likeness (QED) is 0.0619. The zero-order chi connectivity index (χ0) is 46.4. The number of hydrogen-bond donors (Lipinski definition) is 6. The summed E-state index contributed by atoms with van der Waals surface area (Å²) >= 11 is 5.91. The van der Waals surface area contributed by atoms with E-state index in [1.807, 2.05) is 54.2 Å². The second-order valence-corrected chi connectivity index (χ2v) is 17.9. The number of esters is 1. The van der Waals surface area contributed by atoms with Gasteiger partial charge in [-0.1, -0.05) is 118 Å². The molecule has 5 N–H and O–H groups in total. The fourth-order valence-corrected chi connectivity index (χ4v) is 9.04. The number of aromatic carboxylic acids is 1. The molecular formula is C52H72O10S2. The lowest BCUT2D eigenvalue weighted by atomic mass is 9.95. The van der Waals surface area contributed by atoms with E-state index >= 15 is 0 Å². The molecule has 4 aliphatic carbocycles. The topological polar surface area (TPSA) is 166 Å². The first kappa shape index (κ1) is 54.6. The summed E-state index contributed by atoms with van der Waals surface area (Å²) in [5.74, 6) is -1.22. The molecular weight excluding hydrogens is 849 g/mol. The molecule has 1 aliphatic heterocycles. The minimum Gasteiger partial charge on any atom is -0.478 e. The maximum absolute atomic E-state index is 11.7. The normalized spacial score (nSPS) is 25.0. The number of rotatable bonds is 6. The van der Waals surface area contributed by atoms with Crippen LogP contribution < -0.4 is 0 Å². The van der Waals surface area contributed by atoms with Crippen molar-refractivity contribution in [2.45, 2.75) is 161 Å². The van der Waals surface area contributed by atoms with E-state index in [1.54, 1.807) is 61.7 Å². The van der Waals surface area contributed by atoms with Gasteiger partial charge in [0.2, 0.25) is 0 Å². The molecule has 0 amide bonds. The average Bonchev–Trinajstić information content (AvgIpc) is 4.14. The van der Waals surface area contributed by atoms with Gasteiger partial charge in [0, 0.05) is 29.3 Å². The molecule has 0 spiro atoms. The summed E-state index contributed by atoms with van der Waals surface area (Å²) in [6.07, 6.45) is 18.3. The van der Waals surface area contributed by atoms with Crippen LogP contribution in [0, 0.1) is 0 Å². The Morgan fingerprint density at radius 3 is 1.34 bits per heavy atom. The number of benzene rings is 4. The summed E-state index contributed by atoms with van der Waals surface area (Å²) in [6, 6.07) is 37.3. The molecule has 0 bridgehead atoms. The van der Waals surface area contributed by atoms with Crippen LogP contribution in [0.1, 0.15) is 123 Å². The van der Waals surface area contributed by atoms with Crippen LogP contribution >= 0.6 is 24.4 Å². The Morgan fingerprint density at radius 2 is 0.953 bits per heavy atom. The predicted octanol–water partition coefficient (Wildman–Crippen LogP) is 10.5. The van der Waals surface area contributed by atoms with E-state index in [1.165, 1.54) is 49.8 Å². The van der Waals surface area contributed by atoms with Crippen LogP contribution in [-0.2, 0) is 14.2 Å². The lowest BCUT2D eigenvalue weighted by Crippen LogP contribution is -2.34. The van der Waals surface area contributed by atoms with Crippen molar-refractivity contribution in [3.8, 4) is 0 Å². The second-order valence-electron chi connectivity index (χ2n) is 16.1. The largest absolute Gasteiger partial charge is 0.478 e. The van der Waals surface area contributed by atoms with Crippen molar-refractivity contribution in [3.63, 3.8) is 0 Å². The van der Waals surface area contributed by atoms with Gasteiger partial charge in [-0.3, -0.25) is 0 Å². The van der Waals surface area contributed by atoms with Gasteiger partial charge >= 0.3 is 11.9 Å². The van der Waals surface area contributed by atoms with Crippen LogP contribution in [0.3, 0.4) is 0 Å². The number of ether oxygens (including phenoxy) is 3. The highest BCUT2D eigenvalue weighted by molar-refractivity contribution is 8.00. The SMILES string of the molecule is C1CCC2OC2C1.CO.COC1CCCCC1O.O=C(O)c1ccccc1.O=C(OC1CCCCC1O)c1ccccc1.OC1CCCCC1Sc1ccccc1.Sc1ccccc1. The molecule has 12 heteroatoms. The van der Waals surface area contributed by atoms with E-state index in [0.717, 1.165) is 69.8 Å². The van der Waals surface area contributed by atoms with E-state index in [0.29, 0.717) is 28.6 Å². The molecule has 1 saturated heterocycles. The molecule has 4 saturated carbocycles. The number of carbonyl (C=O) groups excluding carboxylic acids is 1. The zero-order valence-corrected chi connectivity index (χ0v) is 39.3. The van der Waals surface area contributed by atoms with Gasteiger partial charge in [0.25, 0.3) is 0 Å². The van der Waals surface area contributed by atoms with Crippen molar-refractivity contribution >= 4 is 36.3 Å². The number of hydrogen-bond acceptors (Lipinski definition) is 11. The number of fused-ring (bicyclic) bond motifs is 1. The van der Waals surface area contributed by atoms with Crippen LogP contribution in [-0.4, -0.2) is 99.7 Å². The van der Waals surface area contributed by atoms with Gasteiger partial charge in [-0.05, 0) is 106 Å². The first-order valence-corrected chi connectivity index (χ1v) is 24.1. The molecule has 64 heavy (non-hydrogen) atoms. The first-order valence-electron chi connectivity index (χ1n) is 22.8. The molecule has 9 rings (SSSR count). The Labute approximate surface area is 391 Å². The highest BCUT2D eigenvalue weighted by Gasteiger charge is 2.39. The van der Waals surface area contributed by atoms with Crippen molar-refractivity contribution in [3.05, 3.63) is 132 Å². The number of aliphatic hydroxyl groups is 4. The minimum absolute atomic E-state index is 0.103. The lowest BCUT2D eigenvalue weighted by Gasteiger charge is -2.27. The molecule has 0 aromatic heterocycles. The third kappa shape index (κ3) is 22.5. The van der Waals surface area contributed by atoms with Crippen molar-refractivity contribution in [1.29, 1.82) is 0 Å². The summed E-state index contributed by atoms with van der Waals surface area (Å²) in [6.45, 7) is 0. The molecule has 4 aromatic rings. The van der Waals surface area contributed by atoms with Gasteiger partial charge < -0.3 is 39.7 Å². The van der Waals surface area contributed by atoms with Crippen molar-refractivity contribution in [1.82, 2.24) is 0 Å². The number of carboxylic acid groups (broad SMARTS) is 1. The van der Waals surface area contributed by atoms with Gasteiger partial charge in [-0.25, -0.2) is 9.59 Å². The smallest absolute Gasteiger partial charge is 0.338 e. The molecule has 8 atom stereocenters. The van der Waals surface area contributed by atoms with Crippen LogP contribution in [0.25, 0.3) is 0 Å². The van der Waals surface area contributed by atoms with Gasteiger partial charge in [-0.2, -0.15) is 0 Å². The summed E-state index contributed by atoms with van der Waals surface area (Å²) in [5.41, 5.74) is 0.873. The third-order valence-corrected chi connectivity index (χ3v) is 13.0. The van der Waals surface area contributed by atoms with Crippen LogP contribution in [0.15, 0.2) is 131 Å². The van der Waals surface area contributed by atoms with Crippen LogP contribution in [0.4, 0.5) is 0 Å². The number of epoxide rings is 1. The van der Waals surface area contributed by atoms with E-state index < -0.39 is 12.1 Å². The number of thiol groups is 1. The van der Waals surface area contributed by atoms with Gasteiger partial charge in [-0.15, -0.1) is 24.4 Å². The Morgan fingerprint density at radius 1 is 0.547 bits per heavy atom. The molecule has 10 nitrogen and oxygen atoms in total. The zero-order valence-electron chi connectivity index (χ0n) is 37.6. The Bertz CT molecular complexity index is 1760. The Balaban J connectivity index is 0.000000208. The van der Waals surface area contributed by atoms with E-state index in [9.17, 15) is 24.9 Å². The molecule has 0 radical (unpaired) electrons. The summed E-state index contributed by atoms with van der Waals surface area (Å²) in [7, 11) is 2.67. The highest BCUT2D eigenvalue weighted by Crippen LogP contribution is 2.36. The average molecular weight is 921 g/mol. The van der Waals surface area contributed by atoms with Crippen molar-refractivity contribution in [2.24, 2.45) is 0 Å². The highest BCUT2D eigenvalue weighted by atomic mass is 32.2. The van der Waals surface area contributed by atoms with Gasteiger partial charge in [0.15, 0.2) is 0 Å². The molecule has 5 aliphatic rings.